The number of ether oxygens (including phenoxy) is 1. The molecule has 0 bridgehead atoms. The average molecular weight is 285 g/mol. The number of halogens is 3. The Morgan fingerprint density at radius 3 is 2.33 bits per heavy atom. The Labute approximate surface area is 115 Å². The molecule has 0 saturated heterocycles. The van der Waals surface area contributed by atoms with E-state index in [1.807, 2.05) is 0 Å². The quantitative estimate of drug-likeness (QED) is 0.735. The number of benzene rings is 2. The van der Waals surface area contributed by atoms with Crippen LogP contribution in [0.2, 0.25) is 5.02 Å². The Kier molecular flexibility index (Phi) is 4.10. The van der Waals surface area contributed by atoms with Gasteiger partial charge in [-0.05, 0) is 23.8 Å². The monoisotopic (exact) mass is 284 g/mol. The molecule has 0 aliphatic rings. The zero-order valence-corrected chi connectivity index (χ0v) is 11.2. The van der Waals surface area contributed by atoms with Crippen LogP contribution in [-0.2, 0) is 0 Å². The summed E-state index contributed by atoms with van der Waals surface area (Å²) in [5, 5.41) is 0.0750. The molecule has 2 aromatic carbocycles. The maximum absolute atomic E-state index is 13.9. The van der Waals surface area contributed by atoms with Crippen molar-refractivity contribution in [3.05, 3.63) is 64.4 Å². The topological polar surface area (TPSA) is 9.23 Å². The summed E-state index contributed by atoms with van der Waals surface area (Å²) in [5.74, 6) is 0.0838. The molecule has 0 aromatic heterocycles. The maximum Gasteiger partial charge on any atom is 0.131 e. The molecule has 0 saturated carbocycles. The summed E-state index contributed by atoms with van der Waals surface area (Å²) in [6, 6.07) is 11.7. The molecule has 1 atom stereocenters. The highest BCUT2D eigenvalue weighted by molar-refractivity contribution is 6.30. The molecule has 18 heavy (non-hydrogen) atoms. The van der Waals surface area contributed by atoms with Gasteiger partial charge in [-0.15, -0.1) is 11.6 Å². The fraction of sp³-hybridized carbons (Fsp3) is 0.143. The molecular weight excluding hydrogens is 274 g/mol. The summed E-state index contributed by atoms with van der Waals surface area (Å²) in [6.45, 7) is 0. The number of methoxy groups -OCH3 is 1. The van der Waals surface area contributed by atoms with Crippen molar-refractivity contribution < 1.29 is 9.13 Å². The molecule has 0 amide bonds. The number of rotatable bonds is 3. The Morgan fingerprint density at radius 2 is 1.78 bits per heavy atom. The number of hydrogen-bond acceptors (Lipinski definition) is 1. The van der Waals surface area contributed by atoms with Gasteiger partial charge in [-0.25, -0.2) is 4.39 Å². The maximum atomic E-state index is 13.9. The first-order valence-corrected chi connectivity index (χ1v) is 6.16. The van der Waals surface area contributed by atoms with E-state index in [1.54, 1.807) is 36.4 Å². The van der Waals surface area contributed by atoms with Crippen molar-refractivity contribution in [2.24, 2.45) is 0 Å². The Balaban J connectivity index is 2.33. The Morgan fingerprint density at radius 1 is 1.11 bits per heavy atom. The fourth-order valence-corrected chi connectivity index (χ4v) is 2.10. The van der Waals surface area contributed by atoms with Crippen LogP contribution >= 0.6 is 23.2 Å². The highest BCUT2D eigenvalue weighted by Gasteiger charge is 2.15. The Bertz CT molecular complexity index is 540. The summed E-state index contributed by atoms with van der Waals surface area (Å²) in [7, 11) is 1.49. The highest BCUT2D eigenvalue weighted by Crippen LogP contribution is 2.32. The van der Waals surface area contributed by atoms with E-state index in [9.17, 15) is 4.39 Å². The largest absolute Gasteiger partial charge is 0.497 e. The SMILES string of the molecule is COc1ccc(C(Cl)c2ccc(Cl)cc2)c(F)c1. The van der Waals surface area contributed by atoms with Gasteiger partial charge >= 0.3 is 0 Å². The van der Waals surface area contributed by atoms with Gasteiger partial charge in [-0.2, -0.15) is 0 Å². The van der Waals surface area contributed by atoms with Crippen molar-refractivity contribution in [2.45, 2.75) is 5.38 Å². The molecule has 0 aliphatic carbocycles. The second-order valence-corrected chi connectivity index (χ2v) is 4.67. The first-order valence-electron chi connectivity index (χ1n) is 5.35. The fourth-order valence-electron chi connectivity index (χ4n) is 1.65. The molecule has 0 spiro atoms. The van der Waals surface area contributed by atoms with Crippen molar-refractivity contribution >= 4 is 23.2 Å². The van der Waals surface area contributed by atoms with Gasteiger partial charge in [-0.3, -0.25) is 0 Å². The van der Waals surface area contributed by atoms with E-state index in [2.05, 4.69) is 0 Å². The van der Waals surface area contributed by atoms with E-state index >= 15 is 0 Å². The van der Waals surface area contributed by atoms with E-state index in [4.69, 9.17) is 27.9 Å². The number of hydrogen-bond donors (Lipinski definition) is 0. The van der Waals surface area contributed by atoms with Crippen LogP contribution in [0.5, 0.6) is 5.75 Å². The van der Waals surface area contributed by atoms with Crippen LogP contribution < -0.4 is 4.74 Å². The lowest BCUT2D eigenvalue weighted by Crippen LogP contribution is -1.97. The lowest BCUT2D eigenvalue weighted by molar-refractivity contribution is 0.410. The average Bonchev–Trinajstić information content (AvgIpc) is 2.38. The zero-order valence-electron chi connectivity index (χ0n) is 9.66. The van der Waals surface area contributed by atoms with Crippen molar-refractivity contribution in [1.82, 2.24) is 0 Å². The van der Waals surface area contributed by atoms with Crippen LogP contribution in [0.25, 0.3) is 0 Å². The van der Waals surface area contributed by atoms with Gasteiger partial charge in [0.1, 0.15) is 11.6 Å². The molecule has 1 unspecified atom stereocenters. The zero-order chi connectivity index (χ0) is 13.1. The van der Waals surface area contributed by atoms with Gasteiger partial charge in [0, 0.05) is 16.7 Å². The lowest BCUT2D eigenvalue weighted by Gasteiger charge is -2.12. The van der Waals surface area contributed by atoms with Crippen LogP contribution in [0.4, 0.5) is 4.39 Å². The summed E-state index contributed by atoms with van der Waals surface area (Å²) >= 11 is 12.1. The molecule has 0 heterocycles. The van der Waals surface area contributed by atoms with Gasteiger partial charge < -0.3 is 4.74 Å². The predicted octanol–water partition coefficient (Wildman–Crippen LogP) is 4.82. The van der Waals surface area contributed by atoms with Gasteiger partial charge in [0.15, 0.2) is 0 Å². The third kappa shape index (κ3) is 2.77. The summed E-state index contributed by atoms with van der Waals surface area (Å²) < 4.78 is 18.8. The predicted molar refractivity (Wildman–Crippen MR) is 72.1 cm³/mol. The second kappa shape index (κ2) is 5.59. The highest BCUT2D eigenvalue weighted by atomic mass is 35.5. The van der Waals surface area contributed by atoms with Crippen molar-refractivity contribution in [2.75, 3.05) is 7.11 Å². The van der Waals surface area contributed by atoms with Gasteiger partial charge in [0.25, 0.3) is 0 Å². The Hall–Kier alpha value is -1.25. The first kappa shape index (κ1) is 13.2. The lowest BCUT2D eigenvalue weighted by atomic mass is 10.0. The summed E-state index contributed by atoms with van der Waals surface area (Å²) in [4.78, 5) is 0. The molecule has 2 rings (SSSR count). The van der Waals surface area contributed by atoms with Crippen molar-refractivity contribution in [3.8, 4) is 5.75 Å². The van der Waals surface area contributed by atoms with Crippen molar-refractivity contribution in [3.63, 3.8) is 0 Å². The molecule has 94 valence electrons. The molecule has 0 aliphatic heterocycles. The minimum Gasteiger partial charge on any atom is -0.497 e. The van der Waals surface area contributed by atoms with E-state index < -0.39 is 5.38 Å². The molecule has 2 aromatic rings. The molecule has 1 nitrogen and oxygen atoms in total. The minimum absolute atomic E-state index is 0.385. The molecule has 0 fully saturated rings. The van der Waals surface area contributed by atoms with Gasteiger partial charge in [0.05, 0.1) is 12.5 Å². The molecule has 0 radical (unpaired) electrons. The van der Waals surface area contributed by atoms with Crippen LogP contribution in [-0.4, -0.2) is 7.11 Å². The minimum atomic E-state index is -0.548. The van der Waals surface area contributed by atoms with E-state index in [0.717, 1.165) is 5.56 Å². The van der Waals surface area contributed by atoms with Gasteiger partial charge in [-0.1, -0.05) is 29.8 Å². The van der Waals surface area contributed by atoms with E-state index in [-0.39, 0.29) is 5.82 Å². The summed E-state index contributed by atoms with van der Waals surface area (Å²) in [6.07, 6.45) is 0. The smallest absolute Gasteiger partial charge is 0.131 e. The summed E-state index contributed by atoms with van der Waals surface area (Å²) in [5.41, 5.74) is 1.21. The normalized spacial score (nSPS) is 12.2. The van der Waals surface area contributed by atoms with E-state index in [1.165, 1.54) is 13.2 Å². The first-order chi connectivity index (χ1) is 8.61. The third-order valence-corrected chi connectivity index (χ3v) is 3.38. The second-order valence-electron chi connectivity index (χ2n) is 3.80. The third-order valence-electron chi connectivity index (χ3n) is 2.64. The molecule has 4 heteroatoms. The molecule has 0 N–H and O–H groups in total. The van der Waals surface area contributed by atoms with Crippen molar-refractivity contribution in [1.29, 1.82) is 0 Å². The van der Waals surface area contributed by atoms with Crippen LogP contribution in [0.15, 0.2) is 42.5 Å². The van der Waals surface area contributed by atoms with Crippen LogP contribution in [0.1, 0.15) is 16.5 Å². The van der Waals surface area contributed by atoms with E-state index in [0.29, 0.717) is 16.3 Å². The van der Waals surface area contributed by atoms with Gasteiger partial charge in [0.2, 0.25) is 0 Å². The van der Waals surface area contributed by atoms with Crippen LogP contribution in [0.3, 0.4) is 0 Å². The standard InChI is InChI=1S/C14H11Cl2FO/c1-18-11-6-7-12(13(17)8-11)14(16)9-2-4-10(15)5-3-9/h2-8,14H,1H3. The van der Waals surface area contributed by atoms with Crippen LogP contribution in [0, 0.1) is 5.82 Å². The molecular formula is C14H11Cl2FO. The number of alkyl halides is 1.